The van der Waals surface area contributed by atoms with Crippen LogP contribution in [-0.2, 0) is 4.74 Å². The van der Waals surface area contributed by atoms with Gasteiger partial charge in [-0.05, 0) is 18.9 Å². The Labute approximate surface area is 66.8 Å². The van der Waals surface area contributed by atoms with E-state index in [4.69, 9.17) is 4.74 Å². The van der Waals surface area contributed by atoms with Crippen molar-refractivity contribution in [2.45, 2.75) is 25.1 Å². The first-order chi connectivity index (χ1) is 5.47. The van der Waals surface area contributed by atoms with Crippen LogP contribution in [0.5, 0.6) is 0 Å². The van der Waals surface area contributed by atoms with Gasteiger partial charge in [-0.15, -0.1) is 0 Å². The number of allylic oxidation sites excluding steroid dienone is 1. The van der Waals surface area contributed by atoms with Crippen molar-refractivity contribution in [1.29, 1.82) is 0 Å². The molecule has 0 aliphatic carbocycles. The zero-order valence-corrected chi connectivity index (χ0v) is 6.55. The Kier molecular flexibility index (Phi) is 2.10. The number of hydrogen-bond acceptors (Lipinski definition) is 3. The molecule has 11 heavy (non-hydrogen) atoms. The van der Waals surface area contributed by atoms with Crippen molar-refractivity contribution in [2.24, 2.45) is 0 Å². The third kappa shape index (κ3) is 1.54. The van der Waals surface area contributed by atoms with Crippen LogP contribution >= 0.6 is 0 Å². The normalized spacial score (nSPS) is 32.2. The monoisotopic (exact) mass is 154 g/mol. The third-order valence-electron chi connectivity index (χ3n) is 2.19. The van der Waals surface area contributed by atoms with Gasteiger partial charge in [-0.3, -0.25) is 10.6 Å². The minimum absolute atomic E-state index is 0.336. The second-order valence-corrected chi connectivity index (χ2v) is 3.01. The molecule has 0 radical (unpaired) electrons. The molecule has 1 atom stereocenters. The molecule has 2 aliphatic heterocycles. The minimum atomic E-state index is 0.336. The summed E-state index contributed by atoms with van der Waals surface area (Å²) in [6, 6.07) is 0. The summed E-state index contributed by atoms with van der Waals surface area (Å²) < 4.78 is 5.46. The topological polar surface area (TPSA) is 33.3 Å². The molecule has 62 valence electrons. The molecule has 3 nitrogen and oxygen atoms in total. The molecular weight excluding hydrogens is 140 g/mol. The molecule has 0 amide bonds. The average Bonchev–Trinajstić information content (AvgIpc) is 2.58. The Morgan fingerprint density at radius 3 is 2.73 bits per heavy atom. The van der Waals surface area contributed by atoms with Crippen LogP contribution in [0.3, 0.4) is 0 Å². The smallest absolute Gasteiger partial charge is 0.126 e. The highest BCUT2D eigenvalue weighted by molar-refractivity contribution is 4.89. The summed E-state index contributed by atoms with van der Waals surface area (Å²) in [5, 5.41) is 6.71. The van der Waals surface area contributed by atoms with Crippen molar-refractivity contribution >= 4 is 0 Å². The van der Waals surface area contributed by atoms with Crippen LogP contribution in [0.2, 0.25) is 0 Å². The summed E-state index contributed by atoms with van der Waals surface area (Å²) in [4.78, 5) is 0. The summed E-state index contributed by atoms with van der Waals surface area (Å²) in [6.07, 6.45) is 6.87. The van der Waals surface area contributed by atoms with E-state index in [2.05, 4.69) is 16.7 Å². The maximum absolute atomic E-state index is 5.46. The predicted molar refractivity (Wildman–Crippen MR) is 43.0 cm³/mol. The highest BCUT2D eigenvalue weighted by Crippen LogP contribution is 2.13. The van der Waals surface area contributed by atoms with Crippen molar-refractivity contribution in [3.05, 3.63) is 12.3 Å². The van der Waals surface area contributed by atoms with E-state index in [1.54, 1.807) is 0 Å². The maximum Gasteiger partial charge on any atom is 0.126 e. The van der Waals surface area contributed by atoms with Crippen LogP contribution in [0, 0.1) is 0 Å². The van der Waals surface area contributed by atoms with Crippen molar-refractivity contribution < 1.29 is 4.74 Å². The highest BCUT2D eigenvalue weighted by atomic mass is 16.5. The van der Waals surface area contributed by atoms with E-state index in [-0.39, 0.29) is 0 Å². The molecular formula is C8H14N2O. The summed E-state index contributed by atoms with van der Waals surface area (Å²) in [6.45, 7) is 2.13. The van der Waals surface area contributed by atoms with Crippen molar-refractivity contribution in [3.8, 4) is 0 Å². The molecule has 2 heterocycles. The van der Waals surface area contributed by atoms with Gasteiger partial charge in [0, 0.05) is 13.1 Å². The van der Waals surface area contributed by atoms with Gasteiger partial charge in [0.2, 0.25) is 0 Å². The first-order valence-electron chi connectivity index (χ1n) is 4.24. The largest absolute Gasteiger partial charge is 0.495 e. The van der Waals surface area contributed by atoms with Gasteiger partial charge in [0.15, 0.2) is 0 Å². The van der Waals surface area contributed by atoms with E-state index >= 15 is 0 Å². The lowest BCUT2D eigenvalue weighted by molar-refractivity contribution is 0.0852. The molecule has 0 aromatic heterocycles. The zero-order chi connectivity index (χ0) is 7.52. The Morgan fingerprint density at radius 1 is 1.27 bits per heavy atom. The Morgan fingerprint density at radius 2 is 2.09 bits per heavy atom. The maximum atomic E-state index is 5.46. The molecule has 0 bridgehead atoms. The molecule has 0 unspecified atom stereocenters. The molecule has 2 rings (SSSR count). The van der Waals surface area contributed by atoms with E-state index < -0.39 is 0 Å². The van der Waals surface area contributed by atoms with E-state index in [1.807, 2.05) is 6.26 Å². The van der Waals surface area contributed by atoms with Crippen LogP contribution in [0.25, 0.3) is 0 Å². The number of ether oxygens (including phenoxy) is 1. The zero-order valence-electron chi connectivity index (χ0n) is 6.55. The van der Waals surface area contributed by atoms with Crippen molar-refractivity contribution in [1.82, 2.24) is 10.6 Å². The Balaban J connectivity index is 1.88. The fourth-order valence-electron chi connectivity index (χ4n) is 1.59. The molecule has 2 N–H and O–H groups in total. The molecule has 0 aromatic carbocycles. The summed E-state index contributed by atoms with van der Waals surface area (Å²) in [7, 11) is 0. The fourth-order valence-corrected chi connectivity index (χ4v) is 1.59. The molecule has 1 saturated heterocycles. The van der Waals surface area contributed by atoms with Gasteiger partial charge in [0.25, 0.3) is 0 Å². The molecule has 0 saturated carbocycles. The SMILES string of the molecule is C1=CO[C@H](C2NCCN2)CC1. The summed E-state index contributed by atoms with van der Waals surface area (Å²) in [5.41, 5.74) is 0. The van der Waals surface area contributed by atoms with E-state index in [0.29, 0.717) is 12.3 Å². The first-order valence-corrected chi connectivity index (χ1v) is 4.24. The lowest BCUT2D eigenvalue weighted by Gasteiger charge is -2.25. The predicted octanol–water partition coefficient (Wildman–Crippen LogP) is 0.198. The van der Waals surface area contributed by atoms with Gasteiger partial charge < -0.3 is 4.74 Å². The number of hydrogen-bond donors (Lipinski definition) is 2. The Bertz CT molecular complexity index is 152. The van der Waals surface area contributed by atoms with Crippen LogP contribution in [0.1, 0.15) is 12.8 Å². The van der Waals surface area contributed by atoms with Crippen molar-refractivity contribution in [2.75, 3.05) is 13.1 Å². The number of rotatable bonds is 1. The van der Waals surface area contributed by atoms with E-state index in [1.165, 1.54) is 0 Å². The minimum Gasteiger partial charge on any atom is -0.495 e. The highest BCUT2D eigenvalue weighted by Gasteiger charge is 2.25. The fraction of sp³-hybridized carbons (Fsp3) is 0.750. The molecule has 3 heteroatoms. The second kappa shape index (κ2) is 3.24. The summed E-state index contributed by atoms with van der Waals surface area (Å²) >= 11 is 0. The van der Waals surface area contributed by atoms with Gasteiger partial charge in [-0.1, -0.05) is 0 Å². The molecule has 1 fully saturated rings. The average molecular weight is 154 g/mol. The lowest BCUT2D eigenvalue weighted by Crippen LogP contribution is -2.44. The van der Waals surface area contributed by atoms with Gasteiger partial charge in [0.1, 0.15) is 6.10 Å². The van der Waals surface area contributed by atoms with Gasteiger partial charge in [-0.25, -0.2) is 0 Å². The van der Waals surface area contributed by atoms with Crippen LogP contribution in [0.4, 0.5) is 0 Å². The van der Waals surface area contributed by atoms with Gasteiger partial charge in [-0.2, -0.15) is 0 Å². The standard InChI is InChI=1S/C8H14N2O/c1-2-6-11-7(3-1)8-9-4-5-10-8/h2,6-10H,1,3-5H2/t7-/m0/s1. The second-order valence-electron chi connectivity index (χ2n) is 3.01. The summed E-state index contributed by atoms with van der Waals surface area (Å²) in [5.74, 6) is 0. The van der Waals surface area contributed by atoms with E-state index in [9.17, 15) is 0 Å². The lowest BCUT2D eigenvalue weighted by atomic mass is 10.1. The third-order valence-corrected chi connectivity index (χ3v) is 2.19. The first kappa shape index (κ1) is 7.13. The quantitative estimate of drug-likeness (QED) is 0.566. The Hall–Kier alpha value is -0.540. The molecule has 0 aromatic rings. The van der Waals surface area contributed by atoms with Crippen LogP contribution in [0.15, 0.2) is 12.3 Å². The van der Waals surface area contributed by atoms with Crippen LogP contribution < -0.4 is 10.6 Å². The molecule has 2 aliphatic rings. The molecule has 0 spiro atoms. The number of nitrogens with one attached hydrogen (secondary N) is 2. The van der Waals surface area contributed by atoms with Crippen molar-refractivity contribution in [3.63, 3.8) is 0 Å². The van der Waals surface area contributed by atoms with Gasteiger partial charge in [0.05, 0.1) is 12.4 Å². The van der Waals surface area contributed by atoms with E-state index in [0.717, 1.165) is 25.9 Å². The van der Waals surface area contributed by atoms with Gasteiger partial charge >= 0.3 is 0 Å². The van der Waals surface area contributed by atoms with Crippen LogP contribution in [-0.4, -0.2) is 25.4 Å².